The average molecular weight is 492 g/mol. The number of rotatable bonds is 16. The van der Waals surface area contributed by atoms with Crippen LogP contribution in [-0.4, -0.2) is 4.98 Å². The second-order valence-electron chi connectivity index (χ2n) is 6.96. The predicted molar refractivity (Wildman–Crippen MR) is 115 cm³/mol. The number of nitrogens with zero attached hydrogens (tertiary/aromatic N) is 1. The molecule has 0 aliphatic heterocycles. The van der Waals surface area contributed by atoms with Gasteiger partial charge >= 0.3 is 0 Å². The van der Waals surface area contributed by atoms with Crippen molar-refractivity contribution < 1.29 is 21.5 Å². The maximum Gasteiger partial charge on any atom is 0.253 e. The maximum absolute atomic E-state index is 3.69. The summed E-state index contributed by atoms with van der Waals surface area (Å²) in [5.74, 6) is 1.35. The number of aryl methyl sites for hydroxylation is 2. The number of aromatic nitrogens is 2. The molecule has 0 fully saturated rings. The first-order valence-electron chi connectivity index (χ1n) is 10.1. The molecule has 1 aromatic heterocycles. The maximum atomic E-state index is 3.69. The number of imidazole rings is 1. The Morgan fingerprint density at radius 2 is 1.38 bits per heavy atom. The van der Waals surface area contributed by atoms with E-state index < -0.39 is 0 Å². The van der Waals surface area contributed by atoms with Crippen molar-refractivity contribution in [2.24, 2.45) is 7.05 Å². The normalized spacial score (nSPS) is 10.5. The van der Waals surface area contributed by atoms with E-state index in [2.05, 4.69) is 41.5 Å². The van der Waals surface area contributed by atoms with Gasteiger partial charge in [-0.15, -0.1) is 17.0 Å². The van der Waals surface area contributed by atoms with Gasteiger partial charge < -0.3 is 17.0 Å². The van der Waals surface area contributed by atoms with E-state index in [0.29, 0.717) is 0 Å². The first-order chi connectivity index (χ1) is 11.8. The molecule has 4 heteroatoms. The smallest absolute Gasteiger partial charge is 0.253 e. The molecule has 1 rings (SSSR count). The third-order valence-corrected chi connectivity index (χ3v) is 4.78. The highest BCUT2D eigenvalue weighted by Crippen LogP contribution is 2.13. The van der Waals surface area contributed by atoms with Crippen LogP contribution in [0.25, 0.3) is 0 Å². The summed E-state index contributed by atoms with van der Waals surface area (Å²) in [6.45, 7) is 3.69. The van der Waals surface area contributed by atoms with Crippen molar-refractivity contribution in [3.63, 3.8) is 0 Å². The number of nitrogens with one attached hydrogen (secondary N) is 1. The number of unbranched alkanes of at least 4 members (excludes halogenated alkanes) is 12. The van der Waals surface area contributed by atoms with Crippen molar-refractivity contribution in [2.75, 3.05) is 0 Å². The van der Waals surface area contributed by atoms with E-state index in [1.165, 1.54) is 95.7 Å². The Hall–Kier alpha value is -0.350. The minimum Gasteiger partial charge on any atom is -1.00 e. The lowest BCUT2D eigenvalue weighted by atomic mass is 10.0. The molecule has 152 valence electrons. The minimum absolute atomic E-state index is 0. The van der Waals surface area contributed by atoms with Crippen molar-refractivity contribution in [3.05, 3.63) is 43.0 Å². The molecular weight excluding hydrogens is 452 g/mol. The van der Waals surface area contributed by atoms with Gasteiger partial charge in [-0.25, -0.2) is 9.55 Å². The van der Waals surface area contributed by atoms with Gasteiger partial charge in [0, 0.05) is 6.42 Å². The summed E-state index contributed by atoms with van der Waals surface area (Å²) in [4.78, 5) is 3.31. The van der Waals surface area contributed by atoms with Gasteiger partial charge in [-0.3, -0.25) is 0 Å². The van der Waals surface area contributed by atoms with Gasteiger partial charge in [-0.05, 0) is 19.3 Å². The Kier molecular flexibility index (Phi) is 22.5. The van der Waals surface area contributed by atoms with Crippen LogP contribution < -0.4 is 21.5 Å². The van der Waals surface area contributed by atoms with Crippen molar-refractivity contribution in [3.8, 4) is 0 Å². The first-order valence-corrected chi connectivity index (χ1v) is 10.1. The van der Waals surface area contributed by atoms with Gasteiger partial charge in [0.15, 0.2) is 0 Å². The fourth-order valence-electron chi connectivity index (χ4n) is 3.20. The van der Waals surface area contributed by atoms with Crippen LogP contribution in [0.4, 0.5) is 0 Å². The summed E-state index contributed by atoms with van der Waals surface area (Å²) >= 11 is 0. The van der Waals surface area contributed by atoms with E-state index in [0.717, 1.165) is 0 Å². The second-order valence-corrected chi connectivity index (χ2v) is 6.96. The Morgan fingerprint density at radius 1 is 0.885 bits per heavy atom. The lowest BCUT2D eigenvalue weighted by molar-refractivity contribution is -0.677. The largest absolute Gasteiger partial charge is 1.00 e. The molecule has 0 unspecified atom stereocenters. The summed E-state index contributed by atoms with van der Waals surface area (Å²) < 4.78 is 2.19. The Labute approximate surface area is 183 Å². The SMILES string of the molecule is Br.C=CC=CCCCCCCCCCCCCCCc1[nH]cc[n+]1C.[Br-]. The van der Waals surface area contributed by atoms with E-state index in [4.69, 9.17) is 0 Å². The zero-order valence-electron chi connectivity index (χ0n) is 16.7. The second kappa shape index (κ2) is 21.0. The summed E-state index contributed by atoms with van der Waals surface area (Å²) in [5, 5.41) is 0. The summed E-state index contributed by atoms with van der Waals surface area (Å²) in [7, 11) is 2.12. The van der Waals surface area contributed by atoms with Crippen LogP contribution in [0.5, 0.6) is 0 Å². The molecule has 0 aliphatic carbocycles. The molecule has 0 saturated heterocycles. The van der Waals surface area contributed by atoms with E-state index in [1.807, 2.05) is 12.3 Å². The molecule has 0 aromatic carbocycles. The van der Waals surface area contributed by atoms with Crippen LogP contribution in [-0.2, 0) is 13.5 Å². The molecule has 0 atom stereocenters. The van der Waals surface area contributed by atoms with Gasteiger partial charge in [-0.2, -0.15) is 0 Å². The number of halogens is 2. The molecule has 1 aromatic rings. The third kappa shape index (κ3) is 15.9. The van der Waals surface area contributed by atoms with Crippen molar-refractivity contribution in [1.82, 2.24) is 4.98 Å². The highest BCUT2D eigenvalue weighted by molar-refractivity contribution is 8.93. The van der Waals surface area contributed by atoms with E-state index in [-0.39, 0.29) is 34.0 Å². The molecular formula is C22H40Br2N2. The van der Waals surface area contributed by atoms with Crippen molar-refractivity contribution in [2.45, 2.75) is 89.9 Å². The average Bonchev–Trinajstić information content (AvgIpc) is 2.99. The van der Waals surface area contributed by atoms with Crippen LogP contribution in [0.2, 0.25) is 0 Å². The van der Waals surface area contributed by atoms with Crippen molar-refractivity contribution in [1.29, 1.82) is 0 Å². The molecule has 26 heavy (non-hydrogen) atoms. The molecule has 0 saturated carbocycles. The van der Waals surface area contributed by atoms with Crippen LogP contribution in [0.15, 0.2) is 37.2 Å². The zero-order chi connectivity index (χ0) is 17.3. The topological polar surface area (TPSA) is 19.7 Å². The Morgan fingerprint density at radius 3 is 1.85 bits per heavy atom. The molecule has 1 N–H and O–H groups in total. The Balaban J connectivity index is 0. The molecule has 0 bridgehead atoms. The lowest BCUT2D eigenvalue weighted by Gasteiger charge is -2.02. The van der Waals surface area contributed by atoms with E-state index in [1.54, 1.807) is 0 Å². The number of hydrogen-bond acceptors (Lipinski definition) is 0. The number of allylic oxidation sites excluding steroid dienone is 3. The monoisotopic (exact) mass is 490 g/mol. The standard InChI is InChI=1S/C22H38N2.2BrH/c1-3-4-5-6-7-8-9-10-11-12-13-14-15-16-17-18-19-22-23-20-21-24(22)2;;/h3-5,20-21H,1,6-19H2,2H3;2*1H. The highest BCUT2D eigenvalue weighted by Gasteiger charge is 2.04. The third-order valence-electron chi connectivity index (χ3n) is 4.78. The van der Waals surface area contributed by atoms with E-state index in [9.17, 15) is 0 Å². The first kappa shape index (κ1) is 27.9. The summed E-state index contributed by atoms with van der Waals surface area (Å²) in [6, 6.07) is 0. The quantitative estimate of drug-likeness (QED) is 0.206. The van der Waals surface area contributed by atoms with Gasteiger partial charge in [0.2, 0.25) is 0 Å². The van der Waals surface area contributed by atoms with Gasteiger partial charge in [0.1, 0.15) is 12.4 Å². The van der Waals surface area contributed by atoms with Gasteiger partial charge in [-0.1, -0.05) is 89.0 Å². The zero-order valence-corrected chi connectivity index (χ0v) is 20.0. The minimum atomic E-state index is 0. The number of hydrogen-bond donors (Lipinski definition) is 1. The van der Waals surface area contributed by atoms with Crippen molar-refractivity contribution >= 4 is 17.0 Å². The molecule has 0 aliphatic rings. The molecule has 0 amide bonds. The molecule has 0 spiro atoms. The summed E-state index contributed by atoms with van der Waals surface area (Å²) in [6.07, 6.45) is 29.5. The predicted octanol–water partition coefficient (Wildman–Crippen LogP) is 3.78. The fraction of sp³-hybridized carbons (Fsp3) is 0.682. The van der Waals surface area contributed by atoms with Crippen LogP contribution in [0, 0.1) is 0 Å². The molecule has 1 heterocycles. The lowest BCUT2D eigenvalue weighted by Crippen LogP contribution is -3.00. The van der Waals surface area contributed by atoms with E-state index >= 15 is 0 Å². The molecule has 0 radical (unpaired) electrons. The van der Waals surface area contributed by atoms with Crippen LogP contribution >= 0.6 is 17.0 Å². The number of H-pyrrole nitrogens is 1. The van der Waals surface area contributed by atoms with Gasteiger partial charge in [0.05, 0.1) is 7.05 Å². The number of aromatic amines is 1. The summed E-state index contributed by atoms with van der Waals surface area (Å²) in [5.41, 5.74) is 0. The fourth-order valence-corrected chi connectivity index (χ4v) is 3.20. The Bertz CT molecular complexity index is 441. The highest BCUT2D eigenvalue weighted by atomic mass is 79.9. The molecule has 2 nitrogen and oxygen atoms in total. The van der Waals surface area contributed by atoms with Crippen LogP contribution in [0.1, 0.15) is 89.3 Å². The van der Waals surface area contributed by atoms with Crippen LogP contribution in [0.3, 0.4) is 0 Å². The van der Waals surface area contributed by atoms with Gasteiger partial charge in [0.25, 0.3) is 5.82 Å².